The molecule has 1 atom stereocenters. The molecular weight excluding hydrogens is 460 g/mol. The van der Waals surface area contributed by atoms with Gasteiger partial charge >= 0.3 is 5.97 Å². The molecule has 5 nitrogen and oxygen atoms in total. The number of carboxylic acid groups (broad SMARTS) is 1. The molecule has 35 heavy (non-hydrogen) atoms. The van der Waals surface area contributed by atoms with E-state index in [1.54, 1.807) is 18.3 Å². The number of hydrogen-bond acceptors (Lipinski definition) is 4. The van der Waals surface area contributed by atoms with E-state index < -0.39 is 5.97 Å². The van der Waals surface area contributed by atoms with Crippen LogP contribution in [0, 0.1) is 13.8 Å². The first kappa shape index (κ1) is 24.2. The van der Waals surface area contributed by atoms with Gasteiger partial charge in [-0.25, -0.2) is 4.79 Å². The van der Waals surface area contributed by atoms with Crippen LogP contribution in [-0.4, -0.2) is 27.0 Å². The Morgan fingerprint density at radius 3 is 2.14 bits per heavy atom. The number of benzene rings is 3. The van der Waals surface area contributed by atoms with Gasteiger partial charge in [-0.1, -0.05) is 59.2 Å². The van der Waals surface area contributed by atoms with Gasteiger partial charge in [-0.05, 0) is 78.1 Å². The van der Waals surface area contributed by atoms with E-state index in [4.69, 9.17) is 16.7 Å². The predicted octanol–water partition coefficient (Wildman–Crippen LogP) is 7.12. The molecule has 0 saturated carbocycles. The lowest BCUT2D eigenvalue weighted by Crippen LogP contribution is -2.12. The summed E-state index contributed by atoms with van der Waals surface area (Å²) in [6.45, 7) is 3.93. The lowest BCUT2D eigenvalue weighted by molar-refractivity contribution is 0.0697. The monoisotopic (exact) mass is 484 g/mol. The number of hydrogen-bond donors (Lipinski definition) is 2. The number of oxime groups is 1. The van der Waals surface area contributed by atoms with Crippen molar-refractivity contribution in [3.63, 3.8) is 0 Å². The standard InChI is InChI=1S/C29H25ClN2O3/c1-18-15-25(30)11-12-26(18)27(17-28(32-35)24-13-14-31-19(2)16-24)22-7-3-20(4-8-22)21-5-9-23(10-6-21)29(33)34/h3-16,27,35H,17H2,1-2H3,(H,33,34)/t27-/m1/s1. The number of carboxylic acids is 1. The second kappa shape index (κ2) is 10.5. The highest BCUT2D eigenvalue weighted by Crippen LogP contribution is 2.34. The maximum absolute atomic E-state index is 11.1. The number of halogens is 1. The molecule has 1 heterocycles. The SMILES string of the molecule is Cc1cc(C(C[C@H](c2ccc(-c3ccc(C(=O)O)cc3)cc2)c2ccc(Cl)cc2C)=NO)ccn1. The fraction of sp³-hybridized carbons (Fsp3) is 0.138. The first-order chi connectivity index (χ1) is 16.9. The molecule has 0 spiro atoms. The van der Waals surface area contributed by atoms with Crippen LogP contribution in [0.2, 0.25) is 5.02 Å². The van der Waals surface area contributed by atoms with Gasteiger partial charge in [0, 0.05) is 34.8 Å². The summed E-state index contributed by atoms with van der Waals surface area (Å²) >= 11 is 6.23. The Morgan fingerprint density at radius 2 is 1.57 bits per heavy atom. The molecular formula is C29H25ClN2O3. The predicted molar refractivity (Wildman–Crippen MR) is 139 cm³/mol. The first-order valence-corrected chi connectivity index (χ1v) is 11.6. The lowest BCUT2D eigenvalue weighted by atomic mass is 9.83. The van der Waals surface area contributed by atoms with E-state index in [9.17, 15) is 10.0 Å². The van der Waals surface area contributed by atoms with E-state index in [2.05, 4.69) is 22.3 Å². The Kier molecular flexibility index (Phi) is 7.28. The van der Waals surface area contributed by atoms with Crippen LogP contribution in [0.15, 0.2) is 90.2 Å². The molecule has 0 amide bonds. The van der Waals surface area contributed by atoms with Crippen molar-refractivity contribution in [2.45, 2.75) is 26.2 Å². The second-order valence-corrected chi connectivity index (χ2v) is 8.93. The van der Waals surface area contributed by atoms with Crippen LogP contribution in [0.3, 0.4) is 0 Å². The van der Waals surface area contributed by atoms with Crippen molar-refractivity contribution in [1.82, 2.24) is 4.98 Å². The number of pyridine rings is 1. The molecule has 0 aliphatic heterocycles. The largest absolute Gasteiger partial charge is 0.478 e. The van der Waals surface area contributed by atoms with Gasteiger partial charge in [0.2, 0.25) is 0 Å². The summed E-state index contributed by atoms with van der Waals surface area (Å²) < 4.78 is 0. The molecule has 0 saturated heterocycles. The molecule has 0 fully saturated rings. The van der Waals surface area contributed by atoms with Crippen molar-refractivity contribution in [3.05, 3.63) is 124 Å². The van der Waals surface area contributed by atoms with Gasteiger partial charge in [0.15, 0.2) is 0 Å². The molecule has 4 aromatic rings. The first-order valence-electron chi connectivity index (χ1n) is 11.2. The molecule has 4 rings (SSSR count). The lowest BCUT2D eigenvalue weighted by Gasteiger charge is -2.21. The van der Waals surface area contributed by atoms with Crippen molar-refractivity contribution < 1.29 is 15.1 Å². The van der Waals surface area contributed by atoms with Crippen molar-refractivity contribution in [2.75, 3.05) is 0 Å². The Morgan fingerprint density at radius 1 is 0.914 bits per heavy atom. The fourth-order valence-corrected chi connectivity index (χ4v) is 4.51. The number of aromatic nitrogens is 1. The van der Waals surface area contributed by atoms with Gasteiger partial charge in [0.25, 0.3) is 0 Å². The van der Waals surface area contributed by atoms with Crippen LogP contribution >= 0.6 is 11.6 Å². The van der Waals surface area contributed by atoms with Crippen LogP contribution < -0.4 is 0 Å². The summed E-state index contributed by atoms with van der Waals surface area (Å²) in [6.07, 6.45) is 2.19. The van der Waals surface area contributed by atoms with Crippen LogP contribution in [0.1, 0.15) is 50.6 Å². The summed E-state index contributed by atoms with van der Waals surface area (Å²) in [4.78, 5) is 15.4. The van der Waals surface area contributed by atoms with Crippen LogP contribution in [0.5, 0.6) is 0 Å². The van der Waals surface area contributed by atoms with Gasteiger partial charge in [0.05, 0.1) is 11.3 Å². The van der Waals surface area contributed by atoms with Crippen LogP contribution in [-0.2, 0) is 0 Å². The minimum absolute atomic E-state index is 0.0740. The van der Waals surface area contributed by atoms with Crippen molar-refractivity contribution in [2.24, 2.45) is 5.16 Å². The highest BCUT2D eigenvalue weighted by Gasteiger charge is 2.21. The zero-order valence-electron chi connectivity index (χ0n) is 19.4. The van der Waals surface area contributed by atoms with E-state index in [1.807, 2.05) is 68.4 Å². The van der Waals surface area contributed by atoms with Gasteiger partial charge in [-0.2, -0.15) is 0 Å². The molecule has 0 unspecified atom stereocenters. The van der Waals surface area contributed by atoms with E-state index in [-0.39, 0.29) is 11.5 Å². The maximum atomic E-state index is 11.1. The number of aryl methyl sites for hydroxylation is 2. The van der Waals surface area contributed by atoms with Gasteiger partial charge in [-0.15, -0.1) is 0 Å². The Bertz CT molecular complexity index is 1380. The topological polar surface area (TPSA) is 82.8 Å². The average Bonchev–Trinajstić information content (AvgIpc) is 2.86. The van der Waals surface area contributed by atoms with E-state index in [1.165, 1.54) is 0 Å². The Balaban J connectivity index is 1.71. The smallest absolute Gasteiger partial charge is 0.335 e. The van der Waals surface area contributed by atoms with Gasteiger partial charge < -0.3 is 10.3 Å². The average molecular weight is 485 g/mol. The van der Waals surface area contributed by atoms with Crippen LogP contribution in [0.4, 0.5) is 0 Å². The maximum Gasteiger partial charge on any atom is 0.335 e. The molecule has 6 heteroatoms. The third-order valence-electron chi connectivity index (χ3n) is 6.13. The van der Waals surface area contributed by atoms with Crippen molar-refractivity contribution in [3.8, 4) is 11.1 Å². The highest BCUT2D eigenvalue weighted by atomic mass is 35.5. The number of aromatic carboxylic acids is 1. The van der Waals surface area contributed by atoms with Gasteiger partial charge in [0.1, 0.15) is 0 Å². The van der Waals surface area contributed by atoms with E-state index in [0.717, 1.165) is 39.1 Å². The molecule has 0 bridgehead atoms. The van der Waals surface area contributed by atoms with Crippen molar-refractivity contribution >= 4 is 23.3 Å². The zero-order chi connectivity index (χ0) is 24.9. The molecule has 2 N–H and O–H groups in total. The highest BCUT2D eigenvalue weighted by molar-refractivity contribution is 6.30. The number of carbonyl (C=O) groups is 1. The molecule has 0 radical (unpaired) electrons. The van der Waals surface area contributed by atoms with Crippen LogP contribution in [0.25, 0.3) is 11.1 Å². The zero-order valence-corrected chi connectivity index (χ0v) is 20.2. The summed E-state index contributed by atoms with van der Waals surface area (Å²) in [5.74, 6) is -1.02. The minimum atomic E-state index is -0.946. The summed E-state index contributed by atoms with van der Waals surface area (Å²) in [5, 5.41) is 23.3. The quantitative estimate of drug-likeness (QED) is 0.166. The normalized spacial score (nSPS) is 12.4. The molecule has 0 aliphatic rings. The summed E-state index contributed by atoms with van der Waals surface area (Å²) in [7, 11) is 0. The van der Waals surface area contributed by atoms with E-state index in [0.29, 0.717) is 17.2 Å². The number of nitrogens with zero attached hydrogens (tertiary/aromatic N) is 2. The molecule has 0 aliphatic carbocycles. The van der Waals surface area contributed by atoms with E-state index >= 15 is 0 Å². The Labute approximate surface area is 209 Å². The molecule has 176 valence electrons. The minimum Gasteiger partial charge on any atom is -0.478 e. The molecule has 1 aromatic heterocycles. The summed E-state index contributed by atoms with van der Waals surface area (Å²) in [6, 6.07) is 24.6. The number of rotatable bonds is 7. The van der Waals surface area contributed by atoms with Gasteiger partial charge in [-0.3, -0.25) is 4.98 Å². The summed E-state index contributed by atoms with van der Waals surface area (Å²) in [5.41, 5.74) is 7.64. The fourth-order valence-electron chi connectivity index (χ4n) is 4.29. The molecule has 3 aromatic carbocycles. The second-order valence-electron chi connectivity index (χ2n) is 8.49. The Hall–Kier alpha value is -3.96. The third-order valence-corrected chi connectivity index (χ3v) is 6.37. The van der Waals surface area contributed by atoms with Crippen molar-refractivity contribution in [1.29, 1.82) is 0 Å². The third kappa shape index (κ3) is 5.58.